The number of ether oxygens (including phenoxy) is 2. The van der Waals surface area contributed by atoms with Crippen LogP contribution >= 0.6 is 0 Å². The van der Waals surface area contributed by atoms with Gasteiger partial charge in [-0.25, -0.2) is 14.4 Å². The molecule has 0 aliphatic heterocycles. The van der Waals surface area contributed by atoms with E-state index in [1.807, 2.05) is 48.5 Å². The molecule has 1 amide bonds. The van der Waals surface area contributed by atoms with E-state index in [9.17, 15) is 19.5 Å². The molecule has 1 aliphatic rings. The summed E-state index contributed by atoms with van der Waals surface area (Å²) in [5.74, 6) is -0.826. The van der Waals surface area contributed by atoms with Crippen molar-refractivity contribution in [3.63, 3.8) is 0 Å². The number of carbonyl (C=O) groups excluding carboxylic acids is 2. The van der Waals surface area contributed by atoms with Crippen LogP contribution in [0, 0.1) is 0 Å². The van der Waals surface area contributed by atoms with E-state index in [2.05, 4.69) is 10.4 Å². The van der Waals surface area contributed by atoms with Crippen molar-refractivity contribution in [2.75, 3.05) is 13.7 Å². The molecule has 1 unspecified atom stereocenters. The third kappa shape index (κ3) is 4.15. The Morgan fingerprint density at radius 3 is 2.22 bits per heavy atom. The molecule has 1 heterocycles. The largest absolute Gasteiger partial charge is 0.467 e. The number of fused-ring (bicyclic) bond motifs is 4. The smallest absolute Gasteiger partial charge is 0.432 e. The van der Waals surface area contributed by atoms with E-state index in [1.165, 1.54) is 7.11 Å². The van der Waals surface area contributed by atoms with Crippen molar-refractivity contribution in [2.45, 2.75) is 18.4 Å². The van der Waals surface area contributed by atoms with Crippen LogP contribution in [-0.4, -0.2) is 52.8 Å². The number of esters is 1. The molecule has 1 aromatic heterocycles. The lowest BCUT2D eigenvalue weighted by Crippen LogP contribution is -2.43. The molecule has 9 nitrogen and oxygen atoms in total. The minimum absolute atomic E-state index is 0.0718. The van der Waals surface area contributed by atoms with Crippen molar-refractivity contribution in [3.8, 4) is 11.1 Å². The molecule has 2 N–H and O–H groups in total. The number of carbonyl (C=O) groups is 3. The first kappa shape index (κ1) is 23.1. The fourth-order valence-electron chi connectivity index (χ4n) is 4.74. The first-order valence-electron chi connectivity index (χ1n) is 11.4. The van der Waals surface area contributed by atoms with Gasteiger partial charge >= 0.3 is 18.2 Å². The highest BCUT2D eigenvalue weighted by Gasteiger charge is 2.30. The summed E-state index contributed by atoms with van der Waals surface area (Å²) >= 11 is 0. The Balaban J connectivity index is 1.33. The molecule has 5 rings (SSSR count). The van der Waals surface area contributed by atoms with Gasteiger partial charge in [0.15, 0.2) is 0 Å². The SMILES string of the molecule is COC(=O)C(Cc1nn(C(=O)O)c2ccccc12)NC(=O)OCC1c2ccccc2-c2ccccc21. The minimum atomic E-state index is -1.25. The second-order valence-electron chi connectivity index (χ2n) is 8.41. The van der Waals surface area contributed by atoms with Gasteiger partial charge in [0.1, 0.15) is 12.6 Å². The summed E-state index contributed by atoms with van der Waals surface area (Å²) in [6, 6.07) is 21.6. The van der Waals surface area contributed by atoms with E-state index in [-0.39, 0.29) is 18.9 Å². The number of carboxylic acid groups (broad SMARTS) is 1. The number of nitrogens with one attached hydrogen (secondary N) is 1. The van der Waals surface area contributed by atoms with E-state index < -0.39 is 24.2 Å². The Morgan fingerprint density at radius 2 is 1.58 bits per heavy atom. The number of para-hydroxylation sites is 1. The van der Waals surface area contributed by atoms with Crippen molar-refractivity contribution in [1.82, 2.24) is 15.1 Å². The molecule has 0 radical (unpaired) electrons. The van der Waals surface area contributed by atoms with E-state index >= 15 is 0 Å². The van der Waals surface area contributed by atoms with Gasteiger partial charge in [-0.2, -0.15) is 9.78 Å². The lowest BCUT2D eigenvalue weighted by atomic mass is 9.98. The summed E-state index contributed by atoms with van der Waals surface area (Å²) in [6.45, 7) is 0.0876. The number of aromatic nitrogens is 2. The van der Waals surface area contributed by atoms with Crippen molar-refractivity contribution in [3.05, 3.63) is 89.6 Å². The predicted molar refractivity (Wildman–Crippen MR) is 131 cm³/mol. The highest BCUT2D eigenvalue weighted by atomic mass is 16.6. The number of rotatable bonds is 6. The van der Waals surface area contributed by atoms with Crippen LogP contribution in [0.3, 0.4) is 0 Å². The van der Waals surface area contributed by atoms with Gasteiger partial charge < -0.3 is 19.9 Å². The maximum atomic E-state index is 12.8. The molecule has 36 heavy (non-hydrogen) atoms. The molecule has 9 heteroatoms. The Morgan fingerprint density at radius 1 is 0.972 bits per heavy atom. The number of benzene rings is 3. The summed E-state index contributed by atoms with van der Waals surface area (Å²) in [5.41, 5.74) is 5.07. The Kier molecular flexibility index (Phi) is 6.12. The standard InChI is InChI=1S/C27H23N3O6/c1-35-25(31)23(14-22-20-12-6-7-13-24(20)30(29-22)27(33)34)28-26(32)36-15-21-18-10-4-2-8-16(18)17-9-3-5-11-19(17)21/h2-13,21,23H,14-15H2,1H3,(H,28,32)(H,33,34). The van der Waals surface area contributed by atoms with Crippen LogP contribution in [0.1, 0.15) is 22.7 Å². The fraction of sp³-hybridized carbons (Fsp3) is 0.185. The van der Waals surface area contributed by atoms with E-state index in [0.717, 1.165) is 26.9 Å². The molecular weight excluding hydrogens is 462 g/mol. The number of hydrogen-bond acceptors (Lipinski definition) is 6. The molecule has 0 bridgehead atoms. The van der Waals surface area contributed by atoms with Crippen LogP contribution in [0.25, 0.3) is 22.0 Å². The summed E-state index contributed by atoms with van der Waals surface area (Å²) in [5, 5.41) is 16.7. The van der Waals surface area contributed by atoms with Crippen LogP contribution < -0.4 is 5.32 Å². The first-order valence-corrected chi connectivity index (χ1v) is 11.4. The van der Waals surface area contributed by atoms with Crippen LogP contribution in [0.5, 0.6) is 0 Å². The first-order chi connectivity index (χ1) is 17.5. The molecule has 4 aromatic rings. The zero-order valence-corrected chi connectivity index (χ0v) is 19.4. The van der Waals surface area contributed by atoms with Crippen LogP contribution in [0.2, 0.25) is 0 Å². The Bertz CT molecular complexity index is 1430. The summed E-state index contributed by atoms with van der Waals surface area (Å²) in [6.07, 6.45) is -2.11. The quantitative estimate of drug-likeness (QED) is 0.393. The molecule has 1 aliphatic carbocycles. The van der Waals surface area contributed by atoms with Crippen molar-refractivity contribution >= 4 is 29.1 Å². The van der Waals surface area contributed by atoms with Crippen LogP contribution in [0.15, 0.2) is 72.8 Å². The number of alkyl carbamates (subject to hydrolysis) is 1. The van der Waals surface area contributed by atoms with E-state index in [4.69, 9.17) is 9.47 Å². The number of amides is 1. The second-order valence-corrected chi connectivity index (χ2v) is 8.41. The average molecular weight is 485 g/mol. The lowest BCUT2D eigenvalue weighted by molar-refractivity contribution is -0.143. The fourth-order valence-corrected chi connectivity index (χ4v) is 4.74. The predicted octanol–water partition coefficient (Wildman–Crippen LogP) is 4.19. The van der Waals surface area contributed by atoms with Gasteiger partial charge in [0.25, 0.3) is 0 Å². The second kappa shape index (κ2) is 9.53. The van der Waals surface area contributed by atoms with Crippen molar-refractivity contribution in [1.29, 1.82) is 0 Å². The van der Waals surface area contributed by atoms with Crippen LogP contribution in [0.4, 0.5) is 9.59 Å². The van der Waals surface area contributed by atoms with Gasteiger partial charge in [-0.15, -0.1) is 0 Å². The van der Waals surface area contributed by atoms with Gasteiger partial charge in [0, 0.05) is 17.7 Å². The molecule has 3 aromatic carbocycles. The lowest BCUT2D eigenvalue weighted by Gasteiger charge is -2.18. The van der Waals surface area contributed by atoms with Gasteiger partial charge in [0.2, 0.25) is 0 Å². The molecule has 0 saturated carbocycles. The van der Waals surface area contributed by atoms with Crippen molar-refractivity contribution < 1.29 is 29.0 Å². The highest BCUT2D eigenvalue weighted by molar-refractivity contribution is 5.90. The van der Waals surface area contributed by atoms with Crippen LogP contribution in [-0.2, 0) is 20.7 Å². The normalized spacial score (nSPS) is 13.0. The Labute approximate surface area is 206 Å². The Hall–Kier alpha value is -4.66. The maximum absolute atomic E-state index is 12.8. The number of hydrogen-bond donors (Lipinski definition) is 2. The molecule has 1 atom stereocenters. The molecule has 0 spiro atoms. The van der Waals surface area contributed by atoms with E-state index in [0.29, 0.717) is 16.6 Å². The summed E-state index contributed by atoms with van der Waals surface area (Å²) in [4.78, 5) is 36.8. The molecule has 0 fully saturated rings. The molecule has 0 saturated heterocycles. The summed E-state index contributed by atoms with van der Waals surface area (Å²) < 4.78 is 11.3. The third-order valence-corrected chi connectivity index (χ3v) is 6.36. The van der Waals surface area contributed by atoms with Gasteiger partial charge in [-0.05, 0) is 28.3 Å². The number of nitrogens with zero attached hydrogens (tertiary/aromatic N) is 2. The monoisotopic (exact) mass is 485 g/mol. The molecular formula is C27H23N3O6. The van der Waals surface area contributed by atoms with E-state index in [1.54, 1.807) is 24.3 Å². The topological polar surface area (TPSA) is 120 Å². The zero-order chi connectivity index (χ0) is 25.2. The molecule has 182 valence electrons. The highest BCUT2D eigenvalue weighted by Crippen LogP contribution is 2.44. The minimum Gasteiger partial charge on any atom is -0.467 e. The van der Waals surface area contributed by atoms with Gasteiger partial charge in [0.05, 0.1) is 18.3 Å². The van der Waals surface area contributed by atoms with Crippen molar-refractivity contribution in [2.24, 2.45) is 0 Å². The zero-order valence-electron chi connectivity index (χ0n) is 19.4. The third-order valence-electron chi connectivity index (χ3n) is 6.36. The number of methoxy groups -OCH3 is 1. The summed E-state index contributed by atoms with van der Waals surface area (Å²) in [7, 11) is 1.21. The maximum Gasteiger partial charge on any atom is 0.432 e. The average Bonchev–Trinajstić information content (AvgIpc) is 3.43. The van der Waals surface area contributed by atoms with Gasteiger partial charge in [-0.3, -0.25) is 0 Å². The van der Waals surface area contributed by atoms with Gasteiger partial charge in [-0.1, -0.05) is 66.7 Å².